The summed E-state index contributed by atoms with van der Waals surface area (Å²) in [4.78, 5) is 4.33. The number of hydrogen-bond donors (Lipinski definition) is 2. The molecule has 92 valence electrons. The lowest BCUT2D eigenvalue weighted by atomic mass is 10.3. The Kier molecular flexibility index (Phi) is 4.28. The van der Waals surface area contributed by atoms with Gasteiger partial charge in [-0.1, -0.05) is 18.2 Å². The number of nitrogens with one attached hydrogen (secondary N) is 2. The minimum Gasteiger partial charge on any atom is -0.331 e. The van der Waals surface area contributed by atoms with Gasteiger partial charge in [-0.3, -0.25) is 0 Å². The van der Waals surface area contributed by atoms with Gasteiger partial charge in [-0.15, -0.1) is 0 Å². The van der Waals surface area contributed by atoms with E-state index in [-0.39, 0.29) is 0 Å². The van der Waals surface area contributed by atoms with Gasteiger partial charge in [0.05, 0.1) is 5.69 Å². The number of aryl methyl sites for hydroxylation is 1. The molecule has 3 nitrogen and oxygen atoms in total. The number of pyridine rings is 1. The van der Waals surface area contributed by atoms with Crippen LogP contribution in [0.2, 0.25) is 0 Å². The van der Waals surface area contributed by atoms with Crippen molar-refractivity contribution in [3.05, 3.63) is 52.6 Å². The van der Waals surface area contributed by atoms with E-state index in [9.17, 15) is 0 Å². The maximum Gasteiger partial charge on any atom is 0.176 e. The van der Waals surface area contributed by atoms with Gasteiger partial charge in [0.1, 0.15) is 5.82 Å². The normalized spacial score (nSPS) is 9.89. The molecule has 1 aromatic heterocycles. The van der Waals surface area contributed by atoms with Gasteiger partial charge in [0.25, 0.3) is 0 Å². The summed E-state index contributed by atoms with van der Waals surface area (Å²) in [6.45, 7) is 1.94. The predicted molar refractivity (Wildman–Crippen MR) is 83.0 cm³/mol. The standard InChI is InChI=1S/C13H12BrN3S/c1-9-5-4-8-12(15-9)17-13(18)16-11-7-3-2-6-10(11)14/h2-8H,1H3,(H2,15,16,17,18). The van der Waals surface area contributed by atoms with E-state index in [1.165, 1.54) is 0 Å². The Hall–Kier alpha value is -1.46. The van der Waals surface area contributed by atoms with Crippen molar-refractivity contribution >= 4 is 44.8 Å². The van der Waals surface area contributed by atoms with Crippen LogP contribution < -0.4 is 10.6 Å². The Morgan fingerprint density at radius 1 is 1.11 bits per heavy atom. The second-order valence-corrected chi connectivity index (χ2v) is 4.99. The van der Waals surface area contributed by atoms with Crippen molar-refractivity contribution in [3.63, 3.8) is 0 Å². The molecule has 0 bridgehead atoms. The lowest BCUT2D eigenvalue weighted by Gasteiger charge is -2.11. The Bertz CT molecular complexity index is 572. The molecule has 0 unspecified atom stereocenters. The largest absolute Gasteiger partial charge is 0.331 e. The van der Waals surface area contributed by atoms with E-state index in [1.807, 2.05) is 49.4 Å². The van der Waals surface area contributed by atoms with Gasteiger partial charge in [0.2, 0.25) is 0 Å². The SMILES string of the molecule is Cc1cccc(NC(=S)Nc2ccccc2Br)n1. The topological polar surface area (TPSA) is 37.0 Å². The van der Waals surface area contributed by atoms with E-state index < -0.39 is 0 Å². The molecule has 0 radical (unpaired) electrons. The number of benzene rings is 1. The zero-order valence-corrected chi connectivity index (χ0v) is 12.2. The molecule has 18 heavy (non-hydrogen) atoms. The summed E-state index contributed by atoms with van der Waals surface area (Å²) in [5.41, 5.74) is 1.87. The van der Waals surface area contributed by atoms with Crippen LogP contribution in [0.5, 0.6) is 0 Å². The van der Waals surface area contributed by atoms with E-state index in [0.29, 0.717) is 5.11 Å². The van der Waals surface area contributed by atoms with Crippen LogP contribution >= 0.6 is 28.1 Å². The van der Waals surface area contributed by atoms with Crippen molar-refractivity contribution in [2.24, 2.45) is 0 Å². The van der Waals surface area contributed by atoms with E-state index in [0.717, 1.165) is 21.7 Å². The maximum atomic E-state index is 5.24. The molecule has 1 heterocycles. The Labute approximate surface area is 120 Å². The zero-order chi connectivity index (χ0) is 13.0. The third kappa shape index (κ3) is 3.51. The van der Waals surface area contributed by atoms with Crippen molar-refractivity contribution in [3.8, 4) is 0 Å². The first-order valence-electron chi connectivity index (χ1n) is 5.41. The Morgan fingerprint density at radius 2 is 1.89 bits per heavy atom. The van der Waals surface area contributed by atoms with E-state index >= 15 is 0 Å². The third-order valence-corrected chi connectivity index (χ3v) is 3.15. The summed E-state index contributed by atoms with van der Waals surface area (Å²) < 4.78 is 0.964. The highest BCUT2D eigenvalue weighted by molar-refractivity contribution is 9.10. The molecule has 0 saturated heterocycles. The fourth-order valence-electron chi connectivity index (χ4n) is 1.45. The second-order valence-electron chi connectivity index (χ2n) is 3.72. The van der Waals surface area contributed by atoms with Crippen molar-refractivity contribution in [2.45, 2.75) is 6.92 Å². The lowest BCUT2D eigenvalue weighted by Crippen LogP contribution is -2.20. The van der Waals surface area contributed by atoms with Crippen LogP contribution in [-0.2, 0) is 0 Å². The number of hydrogen-bond acceptors (Lipinski definition) is 2. The molecule has 0 aliphatic rings. The molecule has 2 aromatic rings. The van der Waals surface area contributed by atoms with E-state index in [4.69, 9.17) is 12.2 Å². The number of aromatic nitrogens is 1. The first-order valence-corrected chi connectivity index (χ1v) is 6.61. The highest BCUT2D eigenvalue weighted by Crippen LogP contribution is 2.21. The number of nitrogens with zero attached hydrogens (tertiary/aromatic N) is 1. The van der Waals surface area contributed by atoms with Crippen molar-refractivity contribution in [1.82, 2.24) is 4.98 Å². The molecule has 2 N–H and O–H groups in total. The molecule has 2 rings (SSSR count). The number of anilines is 2. The smallest absolute Gasteiger partial charge is 0.176 e. The quantitative estimate of drug-likeness (QED) is 0.821. The maximum absolute atomic E-state index is 5.24. The van der Waals surface area contributed by atoms with Crippen LogP contribution in [0, 0.1) is 6.92 Å². The monoisotopic (exact) mass is 321 g/mol. The van der Waals surface area contributed by atoms with Gasteiger partial charge in [-0.25, -0.2) is 4.98 Å². The van der Waals surface area contributed by atoms with Crippen LogP contribution in [0.1, 0.15) is 5.69 Å². The summed E-state index contributed by atoms with van der Waals surface area (Å²) in [6.07, 6.45) is 0. The highest BCUT2D eigenvalue weighted by atomic mass is 79.9. The molecule has 1 aromatic carbocycles. The Morgan fingerprint density at radius 3 is 2.61 bits per heavy atom. The first kappa shape index (κ1) is 13.0. The molecule has 0 amide bonds. The van der Waals surface area contributed by atoms with E-state index in [1.54, 1.807) is 0 Å². The molecular formula is C13H12BrN3S. The average Bonchev–Trinajstić information content (AvgIpc) is 2.32. The minimum absolute atomic E-state index is 0.514. The summed E-state index contributed by atoms with van der Waals surface area (Å²) in [5, 5.41) is 6.67. The van der Waals surface area contributed by atoms with Gasteiger partial charge in [0, 0.05) is 10.2 Å². The second kappa shape index (κ2) is 5.93. The van der Waals surface area contributed by atoms with E-state index in [2.05, 4.69) is 31.5 Å². The number of thiocarbonyl (C=S) groups is 1. The average molecular weight is 322 g/mol. The number of halogens is 1. The first-order chi connectivity index (χ1) is 8.65. The van der Waals surface area contributed by atoms with Crippen molar-refractivity contribution in [2.75, 3.05) is 10.6 Å². The summed E-state index contributed by atoms with van der Waals surface area (Å²) in [6, 6.07) is 13.5. The fraction of sp³-hybridized carbons (Fsp3) is 0.0769. The fourth-order valence-corrected chi connectivity index (χ4v) is 2.04. The van der Waals surface area contributed by atoms with Gasteiger partial charge >= 0.3 is 0 Å². The van der Waals surface area contributed by atoms with Crippen molar-refractivity contribution in [1.29, 1.82) is 0 Å². The lowest BCUT2D eigenvalue weighted by molar-refractivity contribution is 1.20. The molecule has 0 aliphatic heterocycles. The van der Waals surface area contributed by atoms with Crippen LogP contribution in [0.25, 0.3) is 0 Å². The number of rotatable bonds is 2. The van der Waals surface area contributed by atoms with Crippen molar-refractivity contribution < 1.29 is 0 Å². The van der Waals surface area contributed by atoms with Crippen LogP contribution in [0.4, 0.5) is 11.5 Å². The number of para-hydroxylation sites is 1. The van der Waals surface area contributed by atoms with Gasteiger partial charge in [0.15, 0.2) is 5.11 Å². The predicted octanol–water partition coefficient (Wildman–Crippen LogP) is 3.96. The highest BCUT2D eigenvalue weighted by Gasteiger charge is 2.02. The van der Waals surface area contributed by atoms with Gasteiger partial charge < -0.3 is 10.6 Å². The third-order valence-electron chi connectivity index (χ3n) is 2.25. The van der Waals surface area contributed by atoms with Gasteiger partial charge in [-0.2, -0.15) is 0 Å². The van der Waals surface area contributed by atoms with Gasteiger partial charge in [-0.05, 0) is 59.3 Å². The molecular weight excluding hydrogens is 310 g/mol. The summed E-state index contributed by atoms with van der Waals surface area (Å²) in [5.74, 6) is 0.736. The summed E-state index contributed by atoms with van der Waals surface area (Å²) >= 11 is 8.69. The van der Waals surface area contributed by atoms with Crippen LogP contribution in [-0.4, -0.2) is 10.1 Å². The molecule has 0 fully saturated rings. The zero-order valence-electron chi connectivity index (χ0n) is 9.77. The molecule has 5 heteroatoms. The molecule has 0 aliphatic carbocycles. The molecule has 0 spiro atoms. The Balaban J connectivity index is 2.03. The van der Waals surface area contributed by atoms with Crippen LogP contribution in [0.15, 0.2) is 46.9 Å². The molecule has 0 atom stereocenters. The minimum atomic E-state index is 0.514. The van der Waals surface area contributed by atoms with Crippen LogP contribution in [0.3, 0.4) is 0 Å². The molecule has 0 saturated carbocycles. The summed E-state index contributed by atoms with van der Waals surface area (Å²) in [7, 11) is 0.